The number of aromatic hydroxyl groups is 2. The third-order valence-electron chi connectivity index (χ3n) is 6.69. The van der Waals surface area contributed by atoms with Crippen LogP contribution in [-0.4, -0.2) is 10.2 Å². The number of phenolic OH excluding ortho intramolecular Hbond substituents is 2. The lowest BCUT2D eigenvalue weighted by Crippen LogP contribution is -2.05. The summed E-state index contributed by atoms with van der Waals surface area (Å²) in [6, 6.07) is 24.0. The molecule has 4 aromatic rings. The molecule has 0 saturated heterocycles. The molecule has 0 aliphatic heterocycles. The lowest BCUT2D eigenvalue weighted by atomic mass is 9.81. The second kappa shape index (κ2) is 10.5. The van der Waals surface area contributed by atoms with E-state index in [2.05, 4.69) is 31.2 Å². The van der Waals surface area contributed by atoms with Gasteiger partial charge in [0.15, 0.2) is 0 Å². The van der Waals surface area contributed by atoms with Crippen molar-refractivity contribution in [2.45, 2.75) is 64.2 Å². The van der Waals surface area contributed by atoms with Gasteiger partial charge >= 0.3 is 0 Å². The standard InChI is InChI=1S/C30H34O2/c1-2-3-4-5-6-7-8-17-26(29-24-15-11-9-13-22(24)18-20-27(29)31)30-25-16-12-10-14-23(25)19-21-28(30)32/h9-16,18-21,26,31-32H,2-8,17H2,1H3. The molecule has 4 aromatic carbocycles. The molecule has 2 heteroatoms. The van der Waals surface area contributed by atoms with E-state index in [4.69, 9.17) is 0 Å². The molecular weight excluding hydrogens is 392 g/mol. The van der Waals surface area contributed by atoms with Crippen LogP contribution in [0, 0.1) is 0 Å². The van der Waals surface area contributed by atoms with Crippen molar-refractivity contribution < 1.29 is 10.2 Å². The molecule has 0 heterocycles. The number of rotatable bonds is 10. The molecule has 0 saturated carbocycles. The van der Waals surface area contributed by atoms with Gasteiger partial charge in [-0.3, -0.25) is 0 Å². The van der Waals surface area contributed by atoms with E-state index in [1.807, 2.05) is 36.4 Å². The zero-order chi connectivity index (χ0) is 22.3. The zero-order valence-corrected chi connectivity index (χ0v) is 19.1. The number of phenols is 2. The normalized spacial score (nSPS) is 11.6. The summed E-state index contributed by atoms with van der Waals surface area (Å²) in [5, 5.41) is 26.4. The Morgan fingerprint density at radius 3 is 1.56 bits per heavy atom. The minimum atomic E-state index is -0.0668. The minimum absolute atomic E-state index is 0.0668. The SMILES string of the molecule is CCCCCCCCCC(c1c(O)ccc2ccccc12)c1c(O)ccc2ccccc12. The Kier molecular flexibility index (Phi) is 7.32. The molecule has 2 N–H and O–H groups in total. The molecule has 0 fully saturated rings. The molecule has 0 aromatic heterocycles. The van der Waals surface area contributed by atoms with E-state index in [1.165, 1.54) is 38.5 Å². The molecule has 2 nitrogen and oxygen atoms in total. The van der Waals surface area contributed by atoms with Gasteiger partial charge in [0.25, 0.3) is 0 Å². The van der Waals surface area contributed by atoms with Crippen LogP contribution >= 0.6 is 0 Å². The van der Waals surface area contributed by atoms with E-state index in [0.29, 0.717) is 11.5 Å². The number of unbranched alkanes of at least 4 members (excludes halogenated alkanes) is 6. The first-order valence-corrected chi connectivity index (χ1v) is 12.1. The first-order chi connectivity index (χ1) is 15.7. The number of hydrogen-bond donors (Lipinski definition) is 2. The van der Waals surface area contributed by atoms with Crippen molar-refractivity contribution in [2.75, 3.05) is 0 Å². The molecule has 0 spiro atoms. The molecule has 0 atom stereocenters. The van der Waals surface area contributed by atoms with E-state index in [9.17, 15) is 10.2 Å². The van der Waals surface area contributed by atoms with Gasteiger partial charge < -0.3 is 10.2 Å². The van der Waals surface area contributed by atoms with Gasteiger partial charge in [-0.15, -0.1) is 0 Å². The lowest BCUT2D eigenvalue weighted by Gasteiger charge is -2.24. The maximum absolute atomic E-state index is 11.0. The highest BCUT2D eigenvalue weighted by Crippen LogP contribution is 2.45. The smallest absolute Gasteiger partial charge is 0.120 e. The fraction of sp³-hybridized carbons (Fsp3) is 0.333. The monoisotopic (exact) mass is 426 g/mol. The van der Waals surface area contributed by atoms with Gasteiger partial charge in [0.05, 0.1) is 0 Å². The van der Waals surface area contributed by atoms with E-state index in [0.717, 1.165) is 45.5 Å². The minimum Gasteiger partial charge on any atom is -0.508 e. The van der Waals surface area contributed by atoms with Gasteiger partial charge in [-0.05, 0) is 40.1 Å². The van der Waals surface area contributed by atoms with Crippen LogP contribution < -0.4 is 0 Å². The Balaban J connectivity index is 1.75. The summed E-state index contributed by atoms with van der Waals surface area (Å²) in [5.74, 6) is 0.552. The Hall–Kier alpha value is -3.00. The molecule has 0 bridgehead atoms. The predicted molar refractivity (Wildman–Crippen MR) is 136 cm³/mol. The second-order valence-electron chi connectivity index (χ2n) is 8.90. The molecule has 0 unspecified atom stereocenters. The Bertz CT molecular complexity index is 1090. The maximum atomic E-state index is 11.0. The second-order valence-corrected chi connectivity index (χ2v) is 8.90. The van der Waals surface area contributed by atoms with E-state index >= 15 is 0 Å². The molecule has 166 valence electrons. The first-order valence-electron chi connectivity index (χ1n) is 12.1. The fourth-order valence-electron chi connectivity index (χ4n) is 5.04. The van der Waals surface area contributed by atoms with Crippen LogP contribution in [-0.2, 0) is 0 Å². The van der Waals surface area contributed by atoms with Gasteiger partial charge in [0.1, 0.15) is 11.5 Å². The van der Waals surface area contributed by atoms with Crippen molar-refractivity contribution in [3.05, 3.63) is 83.9 Å². The highest BCUT2D eigenvalue weighted by Gasteiger charge is 2.24. The molecule has 0 amide bonds. The van der Waals surface area contributed by atoms with Gasteiger partial charge in [0.2, 0.25) is 0 Å². The summed E-state index contributed by atoms with van der Waals surface area (Å²) in [7, 11) is 0. The zero-order valence-electron chi connectivity index (χ0n) is 19.1. The van der Waals surface area contributed by atoms with Crippen LogP contribution in [0.2, 0.25) is 0 Å². The fourth-order valence-corrected chi connectivity index (χ4v) is 5.04. The van der Waals surface area contributed by atoms with Crippen molar-refractivity contribution >= 4 is 21.5 Å². The first kappa shape index (κ1) is 22.2. The van der Waals surface area contributed by atoms with Crippen molar-refractivity contribution in [2.24, 2.45) is 0 Å². The largest absolute Gasteiger partial charge is 0.508 e. The molecule has 4 rings (SSSR count). The summed E-state index contributed by atoms with van der Waals surface area (Å²) in [6.45, 7) is 2.25. The highest BCUT2D eigenvalue weighted by atomic mass is 16.3. The molecule has 0 radical (unpaired) electrons. The van der Waals surface area contributed by atoms with E-state index in [1.54, 1.807) is 12.1 Å². The Labute approximate surface area is 191 Å². The third-order valence-corrected chi connectivity index (χ3v) is 6.69. The molecule has 32 heavy (non-hydrogen) atoms. The summed E-state index contributed by atoms with van der Waals surface area (Å²) in [6.07, 6.45) is 9.58. The van der Waals surface area contributed by atoms with Crippen LogP contribution in [0.3, 0.4) is 0 Å². The quantitative estimate of drug-likeness (QED) is 0.249. The number of hydrogen-bond acceptors (Lipinski definition) is 2. The van der Waals surface area contributed by atoms with Crippen LogP contribution in [0.5, 0.6) is 11.5 Å². The van der Waals surface area contributed by atoms with Crippen molar-refractivity contribution in [1.82, 2.24) is 0 Å². The molecular formula is C30H34O2. The lowest BCUT2D eigenvalue weighted by molar-refractivity contribution is 0.450. The molecule has 0 aliphatic rings. The van der Waals surface area contributed by atoms with Crippen molar-refractivity contribution in [1.29, 1.82) is 0 Å². The molecule has 0 aliphatic carbocycles. The van der Waals surface area contributed by atoms with Crippen LogP contribution in [0.15, 0.2) is 72.8 Å². The average Bonchev–Trinajstić information content (AvgIpc) is 2.82. The number of fused-ring (bicyclic) bond motifs is 2. The van der Waals surface area contributed by atoms with E-state index < -0.39 is 0 Å². The summed E-state index contributed by atoms with van der Waals surface area (Å²) >= 11 is 0. The summed E-state index contributed by atoms with van der Waals surface area (Å²) < 4.78 is 0. The highest BCUT2D eigenvalue weighted by molar-refractivity contribution is 5.92. The van der Waals surface area contributed by atoms with Crippen LogP contribution in [0.4, 0.5) is 0 Å². The van der Waals surface area contributed by atoms with Gasteiger partial charge in [0, 0.05) is 17.0 Å². The van der Waals surface area contributed by atoms with Crippen LogP contribution in [0.1, 0.15) is 75.3 Å². The van der Waals surface area contributed by atoms with Gasteiger partial charge in [-0.25, -0.2) is 0 Å². The van der Waals surface area contributed by atoms with Crippen molar-refractivity contribution in [3.63, 3.8) is 0 Å². The Morgan fingerprint density at radius 2 is 1.03 bits per heavy atom. The third kappa shape index (κ3) is 4.75. The van der Waals surface area contributed by atoms with Crippen molar-refractivity contribution in [3.8, 4) is 11.5 Å². The van der Waals surface area contributed by atoms with Crippen LogP contribution in [0.25, 0.3) is 21.5 Å². The predicted octanol–water partition coefficient (Wildman–Crippen LogP) is 8.68. The summed E-state index contributed by atoms with van der Waals surface area (Å²) in [5.41, 5.74) is 1.86. The topological polar surface area (TPSA) is 40.5 Å². The average molecular weight is 427 g/mol. The van der Waals surface area contributed by atoms with E-state index in [-0.39, 0.29) is 5.92 Å². The maximum Gasteiger partial charge on any atom is 0.120 e. The summed E-state index contributed by atoms with van der Waals surface area (Å²) in [4.78, 5) is 0. The van der Waals surface area contributed by atoms with Gasteiger partial charge in [-0.1, -0.05) is 113 Å². The number of benzene rings is 4. The van der Waals surface area contributed by atoms with Gasteiger partial charge in [-0.2, -0.15) is 0 Å². The Morgan fingerprint density at radius 1 is 0.562 bits per heavy atom.